The quantitative estimate of drug-likeness (QED) is 0.391. The lowest BCUT2D eigenvalue weighted by molar-refractivity contribution is -0.384. The van der Waals surface area contributed by atoms with Crippen molar-refractivity contribution in [1.29, 1.82) is 0 Å². The molecular weight excluding hydrogens is 402 g/mol. The molecule has 3 rings (SSSR count). The van der Waals surface area contributed by atoms with Gasteiger partial charge < -0.3 is 19.7 Å². The van der Waals surface area contributed by atoms with Gasteiger partial charge in [0.2, 0.25) is 5.91 Å². The molecule has 0 atom stereocenters. The predicted octanol–water partition coefficient (Wildman–Crippen LogP) is 3.18. The highest BCUT2D eigenvalue weighted by Gasteiger charge is 2.21. The summed E-state index contributed by atoms with van der Waals surface area (Å²) in [6, 6.07) is 11.0. The summed E-state index contributed by atoms with van der Waals surface area (Å²) in [4.78, 5) is 37.4. The van der Waals surface area contributed by atoms with E-state index in [0.717, 1.165) is 5.69 Å². The molecule has 9 heteroatoms. The number of amides is 1. The number of esters is 1. The van der Waals surface area contributed by atoms with Gasteiger partial charge in [-0.05, 0) is 30.2 Å². The van der Waals surface area contributed by atoms with Crippen LogP contribution in [0.15, 0.2) is 42.5 Å². The number of nitrogens with one attached hydrogen (secondary N) is 1. The first-order valence-electron chi connectivity index (χ1n) is 10.1. The number of morpholine rings is 1. The Bertz CT molecular complexity index is 939. The van der Waals surface area contributed by atoms with E-state index in [9.17, 15) is 19.7 Å². The molecule has 0 saturated carbocycles. The van der Waals surface area contributed by atoms with Crippen molar-refractivity contribution in [3.63, 3.8) is 0 Å². The molecule has 31 heavy (non-hydrogen) atoms. The molecule has 9 nitrogen and oxygen atoms in total. The zero-order valence-corrected chi connectivity index (χ0v) is 17.3. The Labute approximate surface area is 180 Å². The maximum atomic E-state index is 12.6. The van der Waals surface area contributed by atoms with Gasteiger partial charge in [0.25, 0.3) is 5.69 Å². The van der Waals surface area contributed by atoms with Crippen LogP contribution >= 0.6 is 0 Å². The molecule has 1 N–H and O–H groups in total. The first-order valence-corrected chi connectivity index (χ1v) is 10.1. The second-order valence-corrected chi connectivity index (χ2v) is 7.12. The zero-order valence-electron chi connectivity index (χ0n) is 17.3. The van der Waals surface area contributed by atoms with E-state index in [1.165, 1.54) is 12.1 Å². The molecule has 0 spiro atoms. The summed E-state index contributed by atoms with van der Waals surface area (Å²) in [7, 11) is 0. The number of non-ortho nitro benzene ring substituents is 1. The molecule has 0 aliphatic carbocycles. The van der Waals surface area contributed by atoms with E-state index in [2.05, 4.69) is 10.2 Å². The molecule has 0 radical (unpaired) electrons. The van der Waals surface area contributed by atoms with Gasteiger partial charge in [-0.2, -0.15) is 0 Å². The third-order valence-corrected chi connectivity index (χ3v) is 4.80. The van der Waals surface area contributed by atoms with Gasteiger partial charge in [-0.25, -0.2) is 4.79 Å². The van der Waals surface area contributed by atoms with Crippen molar-refractivity contribution in [2.45, 2.75) is 19.8 Å². The molecule has 1 saturated heterocycles. The Morgan fingerprint density at radius 1 is 1.16 bits per heavy atom. The van der Waals surface area contributed by atoms with Crippen LogP contribution in [0.1, 0.15) is 29.3 Å². The predicted molar refractivity (Wildman–Crippen MR) is 115 cm³/mol. The van der Waals surface area contributed by atoms with Crippen LogP contribution in [0.2, 0.25) is 0 Å². The van der Waals surface area contributed by atoms with E-state index >= 15 is 0 Å². The van der Waals surface area contributed by atoms with E-state index in [-0.39, 0.29) is 18.0 Å². The topological polar surface area (TPSA) is 111 Å². The molecule has 0 aromatic heterocycles. The Morgan fingerprint density at radius 3 is 2.52 bits per heavy atom. The fourth-order valence-electron chi connectivity index (χ4n) is 3.26. The van der Waals surface area contributed by atoms with Crippen LogP contribution in [-0.2, 0) is 20.7 Å². The summed E-state index contributed by atoms with van der Waals surface area (Å²) >= 11 is 0. The Hall–Kier alpha value is -3.46. The number of nitrogens with zero attached hydrogens (tertiary/aromatic N) is 2. The van der Waals surface area contributed by atoms with Crippen LogP contribution in [0.25, 0.3) is 0 Å². The van der Waals surface area contributed by atoms with Gasteiger partial charge in [-0.15, -0.1) is 0 Å². The summed E-state index contributed by atoms with van der Waals surface area (Å²) in [6.07, 6.45) is 0.767. The minimum atomic E-state index is -0.487. The number of anilines is 2. The summed E-state index contributed by atoms with van der Waals surface area (Å²) in [5, 5.41) is 13.5. The van der Waals surface area contributed by atoms with Crippen molar-refractivity contribution in [2.75, 3.05) is 43.1 Å². The number of benzene rings is 2. The van der Waals surface area contributed by atoms with E-state index in [4.69, 9.17) is 9.47 Å². The fourth-order valence-corrected chi connectivity index (χ4v) is 3.26. The summed E-state index contributed by atoms with van der Waals surface area (Å²) in [6.45, 7) is 4.73. The third kappa shape index (κ3) is 6.02. The molecule has 1 fully saturated rings. The highest BCUT2D eigenvalue weighted by Crippen LogP contribution is 2.26. The standard InChI is InChI=1S/C22H25N3O6/c1-2-11-31-22(27)19-15-17(5-8-20(19)24-9-12-30-13-10-24)23-21(26)14-16-3-6-18(7-4-16)25(28)29/h3-8,15H,2,9-14H2,1H3,(H,23,26). The molecule has 1 amide bonds. The molecule has 2 aromatic rings. The second-order valence-electron chi connectivity index (χ2n) is 7.12. The van der Waals surface area contributed by atoms with Gasteiger partial charge in [0, 0.05) is 30.9 Å². The molecule has 0 bridgehead atoms. The van der Waals surface area contributed by atoms with E-state index < -0.39 is 10.9 Å². The van der Waals surface area contributed by atoms with Gasteiger partial charge in [0.1, 0.15) is 0 Å². The minimum Gasteiger partial charge on any atom is -0.462 e. The molecule has 1 heterocycles. The molecular formula is C22H25N3O6. The maximum absolute atomic E-state index is 12.6. The lowest BCUT2D eigenvalue weighted by atomic mass is 10.1. The normalized spacial score (nSPS) is 13.5. The van der Waals surface area contributed by atoms with Crippen LogP contribution in [0.4, 0.5) is 17.1 Å². The largest absolute Gasteiger partial charge is 0.462 e. The highest BCUT2D eigenvalue weighted by molar-refractivity contribution is 5.99. The van der Waals surface area contributed by atoms with Crippen molar-refractivity contribution >= 4 is 28.9 Å². The van der Waals surface area contributed by atoms with Crippen LogP contribution in [0, 0.1) is 10.1 Å². The van der Waals surface area contributed by atoms with Crippen molar-refractivity contribution in [1.82, 2.24) is 0 Å². The lowest BCUT2D eigenvalue weighted by Crippen LogP contribution is -2.37. The third-order valence-electron chi connectivity index (χ3n) is 4.80. The number of hydrogen-bond acceptors (Lipinski definition) is 7. The van der Waals surface area contributed by atoms with E-state index in [1.54, 1.807) is 30.3 Å². The van der Waals surface area contributed by atoms with Crippen LogP contribution in [0.3, 0.4) is 0 Å². The first kappa shape index (κ1) is 22.2. The van der Waals surface area contributed by atoms with E-state index in [1.807, 2.05) is 6.92 Å². The van der Waals surface area contributed by atoms with Crippen LogP contribution in [-0.4, -0.2) is 49.7 Å². The molecule has 2 aromatic carbocycles. The molecule has 1 aliphatic rings. The summed E-state index contributed by atoms with van der Waals surface area (Å²) in [5.41, 5.74) is 2.24. The first-order chi connectivity index (χ1) is 15.0. The average molecular weight is 427 g/mol. The highest BCUT2D eigenvalue weighted by atomic mass is 16.6. The fraction of sp³-hybridized carbons (Fsp3) is 0.364. The Balaban J connectivity index is 1.74. The SMILES string of the molecule is CCCOC(=O)c1cc(NC(=O)Cc2ccc([N+](=O)[O-])cc2)ccc1N1CCOCC1. The maximum Gasteiger partial charge on any atom is 0.340 e. The van der Waals surface area contributed by atoms with Gasteiger partial charge in [0.05, 0.1) is 42.4 Å². The molecule has 0 unspecified atom stereocenters. The van der Waals surface area contributed by atoms with Crippen molar-refractivity contribution in [3.8, 4) is 0 Å². The Morgan fingerprint density at radius 2 is 1.87 bits per heavy atom. The second kappa shape index (κ2) is 10.5. The van der Waals surface area contributed by atoms with Gasteiger partial charge in [-0.1, -0.05) is 19.1 Å². The van der Waals surface area contributed by atoms with Gasteiger partial charge >= 0.3 is 5.97 Å². The van der Waals surface area contributed by atoms with E-state index in [0.29, 0.717) is 56.1 Å². The zero-order chi connectivity index (χ0) is 22.2. The van der Waals surface area contributed by atoms with Gasteiger partial charge in [-0.3, -0.25) is 14.9 Å². The summed E-state index contributed by atoms with van der Waals surface area (Å²) < 4.78 is 10.7. The molecule has 164 valence electrons. The van der Waals surface area contributed by atoms with Crippen LogP contribution in [0.5, 0.6) is 0 Å². The number of nitro benzene ring substituents is 1. The Kier molecular flexibility index (Phi) is 7.55. The lowest BCUT2D eigenvalue weighted by Gasteiger charge is -2.30. The number of carbonyl (C=O) groups is 2. The van der Waals surface area contributed by atoms with Gasteiger partial charge in [0.15, 0.2) is 0 Å². The number of carbonyl (C=O) groups excluding carboxylic acids is 2. The smallest absolute Gasteiger partial charge is 0.340 e. The minimum absolute atomic E-state index is 0.0295. The molecule has 1 aliphatic heterocycles. The summed E-state index contributed by atoms with van der Waals surface area (Å²) in [5.74, 6) is -0.726. The van der Waals surface area contributed by atoms with Crippen molar-refractivity contribution < 1.29 is 24.0 Å². The monoisotopic (exact) mass is 427 g/mol. The van der Waals surface area contributed by atoms with Crippen molar-refractivity contribution in [3.05, 3.63) is 63.7 Å². The van der Waals surface area contributed by atoms with Crippen molar-refractivity contribution in [2.24, 2.45) is 0 Å². The number of ether oxygens (including phenoxy) is 2. The number of nitro groups is 1. The average Bonchev–Trinajstić information content (AvgIpc) is 2.78. The number of hydrogen-bond donors (Lipinski definition) is 1. The van der Waals surface area contributed by atoms with Crippen LogP contribution < -0.4 is 10.2 Å². The number of rotatable bonds is 8.